The van der Waals surface area contributed by atoms with E-state index in [4.69, 9.17) is 0 Å². The van der Waals surface area contributed by atoms with Crippen LogP contribution in [0.25, 0.3) is 0 Å². The van der Waals surface area contributed by atoms with Gasteiger partial charge in [-0.3, -0.25) is 14.9 Å². The van der Waals surface area contributed by atoms with Crippen LogP contribution in [0.5, 0.6) is 0 Å². The van der Waals surface area contributed by atoms with E-state index in [-0.39, 0.29) is 4.88 Å². The smallest absolute Gasteiger partial charge is 0.327 e. The average Bonchev–Trinajstić information content (AvgIpc) is 3.12. The van der Waals surface area contributed by atoms with Gasteiger partial charge in [0.1, 0.15) is 5.69 Å². The van der Waals surface area contributed by atoms with Crippen LogP contribution in [0.15, 0.2) is 59.5 Å². The first kappa shape index (κ1) is 20.1. The van der Waals surface area contributed by atoms with Crippen molar-refractivity contribution in [3.05, 3.63) is 75.5 Å². The van der Waals surface area contributed by atoms with Gasteiger partial charge in [-0.05, 0) is 30.3 Å². The molecule has 0 radical (unpaired) electrons. The summed E-state index contributed by atoms with van der Waals surface area (Å²) in [5.74, 6) is -0.781. The molecule has 29 heavy (non-hydrogen) atoms. The number of nitrogens with one attached hydrogen (secondary N) is 4. The van der Waals surface area contributed by atoms with Crippen molar-refractivity contribution >= 4 is 39.7 Å². The Morgan fingerprint density at radius 2 is 1.69 bits per heavy atom. The molecule has 3 amide bonds. The van der Waals surface area contributed by atoms with Crippen molar-refractivity contribution in [3.63, 3.8) is 0 Å². The van der Waals surface area contributed by atoms with Crippen LogP contribution in [0.4, 0.5) is 34.3 Å². The van der Waals surface area contributed by atoms with Gasteiger partial charge in [0.05, 0.1) is 15.4 Å². The molecule has 4 N–H and O–H groups in total. The highest BCUT2D eigenvalue weighted by Gasteiger charge is 2.31. The number of hydrogen-bond donors (Lipinski definition) is 4. The Morgan fingerprint density at radius 3 is 2.38 bits per heavy atom. The van der Waals surface area contributed by atoms with Crippen molar-refractivity contribution < 1.29 is 22.8 Å². The molecule has 0 aliphatic heterocycles. The predicted octanol–water partition coefficient (Wildman–Crippen LogP) is 4.35. The van der Waals surface area contributed by atoms with Gasteiger partial charge in [-0.2, -0.15) is 13.2 Å². The number of amides is 3. The molecule has 0 atom stereocenters. The lowest BCUT2D eigenvalue weighted by Gasteiger charge is -2.08. The predicted molar refractivity (Wildman–Crippen MR) is 103 cm³/mol. The molecule has 0 saturated carbocycles. The summed E-state index contributed by atoms with van der Waals surface area (Å²) >= 11 is 0.896. The molecular formula is C18H13F3N4O3S. The van der Waals surface area contributed by atoms with Crippen molar-refractivity contribution in [2.75, 3.05) is 16.0 Å². The minimum absolute atomic E-state index is 0.0943. The number of carbonyl (C=O) groups is 2. The molecule has 7 nitrogen and oxygen atoms in total. The van der Waals surface area contributed by atoms with E-state index < -0.39 is 34.9 Å². The lowest BCUT2D eigenvalue weighted by atomic mass is 10.2. The maximum Gasteiger partial charge on any atom is 0.417 e. The second kappa shape index (κ2) is 8.19. The van der Waals surface area contributed by atoms with Gasteiger partial charge in [0, 0.05) is 11.9 Å². The average molecular weight is 422 g/mol. The summed E-state index contributed by atoms with van der Waals surface area (Å²) in [6.45, 7) is 0. The summed E-state index contributed by atoms with van der Waals surface area (Å²) in [5, 5.41) is 7.62. The van der Waals surface area contributed by atoms with Gasteiger partial charge < -0.3 is 15.6 Å². The van der Waals surface area contributed by atoms with Gasteiger partial charge >= 0.3 is 12.2 Å². The summed E-state index contributed by atoms with van der Waals surface area (Å²) < 4.78 is 38.3. The van der Waals surface area contributed by atoms with Crippen molar-refractivity contribution in [1.29, 1.82) is 0 Å². The molecule has 0 saturated heterocycles. The van der Waals surface area contributed by atoms with E-state index in [1.165, 1.54) is 12.1 Å². The topological polar surface area (TPSA) is 103 Å². The first-order chi connectivity index (χ1) is 13.7. The Balaban J connectivity index is 1.67. The first-order valence-electron chi connectivity index (χ1n) is 8.06. The molecule has 0 bridgehead atoms. The second-order valence-corrected chi connectivity index (χ2v) is 6.78. The Labute approximate surface area is 165 Å². The molecule has 0 aliphatic rings. The van der Waals surface area contributed by atoms with Gasteiger partial charge in [-0.25, -0.2) is 4.79 Å². The van der Waals surface area contributed by atoms with E-state index in [1.54, 1.807) is 30.3 Å². The van der Waals surface area contributed by atoms with E-state index in [0.29, 0.717) is 23.0 Å². The summed E-state index contributed by atoms with van der Waals surface area (Å²) in [6, 6.07) is 11.5. The number of alkyl halides is 3. The fourth-order valence-corrected chi connectivity index (χ4v) is 3.04. The Bertz CT molecular complexity index is 1090. The SMILES string of the molecule is O=C(Nc1ccccc1)Nc1ccc(C(=O)Nc2cc(C(F)(F)F)c[nH]c2=O)s1. The number of benzene rings is 1. The van der Waals surface area contributed by atoms with E-state index >= 15 is 0 Å². The summed E-state index contributed by atoms with van der Waals surface area (Å²) in [6.07, 6.45) is -4.15. The zero-order chi connectivity index (χ0) is 21.0. The number of pyridine rings is 1. The highest BCUT2D eigenvalue weighted by Crippen LogP contribution is 2.29. The highest BCUT2D eigenvalue weighted by molar-refractivity contribution is 7.18. The number of H-pyrrole nitrogens is 1. The molecule has 0 spiro atoms. The first-order valence-corrected chi connectivity index (χ1v) is 8.88. The molecule has 2 heterocycles. The molecule has 1 aromatic carbocycles. The van der Waals surface area contributed by atoms with Crippen molar-refractivity contribution in [1.82, 2.24) is 4.98 Å². The molecule has 0 unspecified atom stereocenters. The number of hydrogen-bond acceptors (Lipinski definition) is 4. The normalized spacial score (nSPS) is 11.0. The zero-order valence-electron chi connectivity index (χ0n) is 14.5. The molecule has 0 fully saturated rings. The van der Waals surface area contributed by atoms with Crippen LogP contribution < -0.4 is 21.5 Å². The van der Waals surface area contributed by atoms with Crippen LogP contribution in [-0.2, 0) is 6.18 Å². The van der Waals surface area contributed by atoms with E-state index in [2.05, 4.69) is 16.0 Å². The van der Waals surface area contributed by atoms with Crippen LogP contribution in [0, 0.1) is 0 Å². The fraction of sp³-hybridized carbons (Fsp3) is 0.0556. The minimum atomic E-state index is -4.67. The molecule has 2 aromatic heterocycles. The van der Waals surface area contributed by atoms with Gasteiger partial charge in [0.15, 0.2) is 0 Å². The number of para-hydroxylation sites is 1. The minimum Gasteiger partial charge on any atom is -0.327 e. The number of aromatic nitrogens is 1. The summed E-state index contributed by atoms with van der Waals surface area (Å²) in [5.41, 5.74) is -1.93. The lowest BCUT2D eigenvalue weighted by Crippen LogP contribution is -2.21. The molecule has 150 valence electrons. The van der Waals surface area contributed by atoms with E-state index in [0.717, 1.165) is 11.3 Å². The second-order valence-electron chi connectivity index (χ2n) is 5.69. The number of carbonyl (C=O) groups excluding carboxylic acids is 2. The third-order valence-corrected chi connectivity index (χ3v) is 4.58. The van der Waals surface area contributed by atoms with Gasteiger partial charge in [-0.1, -0.05) is 18.2 Å². The third-order valence-electron chi connectivity index (χ3n) is 3.58. The maximum absolute atomic E-state index is 12.8. The van der Waals surface area contributed by atoms with Crippen LogP contribution >= 0.6 is 11.3 Å². The Kier molecular flexibility index (Phi) is 5.69. The summed E-state index contributed by atoms with van der Waals surface area (Å²) in [4.78, 5) is 37.9. The standard InChI is InChI=1S/C18H13F3N4O3S/c19-18(20,21)10-8-12(15(26)22-9-10)24-16(27)13-6-7-14(29-13)25-17(28)23-11-4-2-1-3-5-11/h1-9H,(H,22,26)(H,24,27)(H2,23,25,28). The lowest BCUT2D eigenvalue weighted by molar-refractivity contribution is -0.137. The van der Waals surface area contributed by atoms with E-state index in [9.17, 15) is 27.6 Å². The molecular weight excluding hydrogens is 409 g/mol. The molecule has 3 aromatic rings. The number of rotatable bonds is 4. The third kappa shape index (κ3) is 5.23. The van der Waals surface area contributed by atoms with Gasteiger partial charge in [0.2, 0.25) is 0 Å². The van der Waals surface area contributed by atoms with Crippen LogP contribution in [-0.4, -0.2) is 16.9 Å². The monoisotopic (exact) mass is 422 g/mol. The molecule has 0 aliphatic carbocycles. The quantitative estimate of drug-likeness (QED) is 0.503. The van der Waals surface area contributed by atoms with Gasteiger partial charge in [0.25, 0.3) is 11.5 Å². The van der Waals surface area contributed by atoms with E-state index in [1.807, 2.05) is 4.98 Å². The summed E-state index contributed by atoms with van der Waals surface area (Å²) in [7, 11) is 0. The Hall–Kier alpha value is -3.60. The largest absolute Gasteiger partial charge is 0.417 e. The van der Waals surface area contributed by atoms with Crippen molar-refractivity contribution in [2.24, 2.45) is 0 Å². The number of aromatic amines is 1. The van der Waals surface area contributed by atoms with Crippen molar-refractivity contribution in [2.45, 2.75) is 6.18 Å². The molecule has 11 heteroatoms. The zero-order valence-corrected chi connectivity index (χ0v) is 15.3. The number of thiophene rings is 1. The van der Waals surface area contributed by atoms with Crippen LogP contribution in [0.1, 0.15) is 15.2 Å². The number of halogens is 3. The van der Waals surface area contributed by atoms with Crippen molar-refractivity contribution in [3.8, 4) is 0 Å². The number of anilines is 3. The van der Waals surface area contributed by atoms with Gasteiger partial charge in [-0.15, -0.1) is 11.3 Å². The van der Waals surface area contributed by atoms with Crippen LogP contribution in [0.3, 0.4) is 0 Å². The van der Waals surface area contributed by atoms with Crippen LogP contribution in [0.2, 0.25) is 0 Å². The maximum atomic E-state index is 12.8. The number of urea groups is 1. The highest BCUT2D eigenvalue weighted by atomic mass is 32.1. The molecule has 3 rings (SSSR count). The fourth-order valence-electron chi connectivity index (χ4n) is 2.25. The Morgan fingerprint density at radius 1 is 0.966 bits per heavy atom.